The van der Waals surface area contributed by atoms with Crippen molar-refractivity contribution in [2.24, 2.45) is 0 Å². The Kier molecular flexibility index (Phi) is 6.54. The highest BCUT2D eigenvalue weighted by Gasteiger charge is 2.24. The fourth-order valence-electron chi connectivity index (χ4n) is 1.71. The molecule has 116 valence electrons. The fourth-order valence-corrected chi connectivity index (χ4v) is 1.78. The van der Waals surface area contributed by atoms with E-state index in [1.165, 1.54) is 38.3 Å². The summed E-state index contributed by atoms with van der Waals surface area (Å²) in [6, 6.07) is 4.73. The summed E-state index contributed by atoms with van der Waals surface area (Å²) in [4.78, 5) is 21.7. The molecule has 21 heavy (non-hydrogen) atoms. The number of aliphatic hydroxyl groups is 1. The third-order valence-corrected chi connectivity index (χ3v) is 3.06. The van der Waals surface area contributed by atoms with E-state index >= 15 is 0 Å². The molecular formula is C13H17ClN2O5. The van der Waals surface area contributed by atoms with Crippen molar-refractivity contribution in [1.29, 1.82) is 0 Å². The number of nitrogens with one attached hydrogen (secondary N) is 1. The number of nitrogens with zero attached hydrogens (tertiary/aromatic N) is 1. The van der Waals surface area contributed by atoms with Crippen LogP contribution in [-0.4, -0.2) is 41.1 Å². The largest absolute Gasteiger partial charge is 0.386 e. The molecule has 1 aromatic carbocycles. The second kappa shape index (κ2) is 7.92. The van der Waals surface area contributed by atoms with Crippen LogP contribution in [0.3, 0.4) is 0 Å². The molecule has 0 saturated heterocycles. The predicted molar refractivity (Wildman–Crippen MR) is 77.2 cm³/mol. The van der Waals surface area contributed by atoms with Gasteiger partial charge in [-0.25, -0.2) is 0 Å². The molecule has 0 aliphatic carbocycles. The van der Waals surface area contributed by atoms with Crippen LogP contribution in [0.4, 0.5) is 5.69 Å². The fraction of sp³-hybridized carbons (Fsp3) is 0.462. The van der Waals surface area contributed by atoms with Crippen LogP contribution in [0.1, 0.15) is 18.6 Å². The first-order valence-corrected chi connectivity index (χ1v) is 6.66. The van der Waals surface area contributed by atoms with E-state index in [-0.39, 0.29) is 12.3 Å². The Morgan fingerprint density at radius 1 is 1.48 bits per heavy atom. The molecule has 7 nitrogen and oxygen atoms in total. The Morgan fingerprint density at radius 2 is 2.05 bits per heavy atom. The monoisotopic (exact) mass is 316 g/mol. The average Bonchev–Trinajstić information content (AvgIpc) is 2.45. The number of alkyl halides is 1. The molecule has 3 unspecified atom stereocenters. The molecule has 8 heteroatoms. The summed E-state index contributed by atoms with van der Waals surface area (Å²) < 4.78 is 4.96. The number of carbonyl (C=O) groups is 1. The normalized spacial score (nSPS) is 15.0. The van der Waals surface area contributed by atoms with Crippen LogP contribution in [0.2, 0.25) is 0 Å². The van der Waals surface area contributed by atoms with E-state index in [1.807, 2.05) is 0 Å². The third-order valence-electron chi connectivity index (χ3n) is 2.86. The number of methoxy groups -OCH3 is 1. The van der Waals surface area contributed by atoms with Crippen LogP contribution in [-0.2, 0) is 9.53 Å². The van der Waals surface area contributed by atoms with Gasteiger partial charge in [-0.1, -0.05) is 0 Å². The lowest BCUT2D eigenvalue weighted by Crippen LogP contribution is -2.44. The van der Waals surface area contributed by atoms with Crippen LogP contribution in [0, 0.1) is 10.1 Å². The van der Waals surface area contributed by atoms with Gasteiger partial charge in [-0.15, -0.1) is 11.6 Å². The molecular weight excluding hydrogens is 300 g/mol. The summed E-state index contributed by atoms with van der Waals surface area (Å²) in [5.41, 5.74) is 0.359. The number of non-ortho nitro benzene ring substituents is 1. The highest BCUT2D eigenvalue weighted by Crippen LogP contribution is 2.21. The molecule has 0 aliphatic heterocycles. The standard InChI is InChI=1S/C13H17ClN2O5/c1-8(14)13(18)15-11(7-21-2)12(17)9-3-5-10(6-4-9)16(19)20/h3-6,8,11-12,17H,7H2,1-2H3,(H,15,18). The molecule has 0 bridgehead atoms. The van der Waals surface area contributed by atoms with Crippen molar-refractivity contribution in [3.63, 3.8) is 0 Å². The molecule has 3 atom stereocenters. The molecule has 0 radical (unpaired) electrons. The first-order chi connectivity index (χ1) is 9.86. The van der Waals surface area contributed by atoms with Crippen molar-refractivity contribution in [2.75, 3.05) is 13.7 Å². The summed E-state index contributed by atoms with van der Waals surface area (Å²) in [7, 11) is 1.44. The maximum atomic E-state index is 11.6. The lowest BCUT2D eigenvalue weighted by molar-refractivity contribution is -0.384. The van der Waals surface area contributed by atoms with Crippen LogP contribution in [0.5, 0.6) is 0 Å². The lowest BCUT2D eigenvalue weighted by Gasteiger charge is -2.24. The third kappa shape index (κ3) is 4.96. The topological polar surface area (TPSA) is 102 Å². The molecule has 0 spiro atoms. The molecule has 0 fully saturated rings. The second-order valence-corrected chi connectivity index (χ2v) is 5.13. The van der Waals surface area contributed by atoms with Crippen molar-refractivity contribution in [2.45, 2.75) is 24.4 Å². The number of ether oxygens (including phenoxy) is 1. The molecule has 2 N–H and O–H groups in total. The number of halogens is 1. The number of hydrogen-bond acceptors (Lipinski definition) is 5. The van der Waals surface area contributed by atoms with E-state index in [4.69, 9.17) is 16.3 Å². The van der Waals surface area contributed by atoms with Crippen molar-refractivity contribution in [3.05, 3.63) is 39.9 Å². The minimum atomic E-state index is -1.06. The Bertz CT molecular complexity index is 492. The number of carbonyl (C=O) groups excluding carboxylic acids is 1. The van der Waals surface area contributed by atoms with E-state index in [0.717, 1.165) is 0 Å². The van der Waals surface area contributed by atoms with Crippen LogP contribution >= 0.6 is 11.6 Å². The van der Waals surface area contributed by atoms with Gasteiger partial charge >= 0.3 is 0 Å². The highest BCUT2D eigenvalue weighted by molar-refractivity contribution is 6.30. The van der Waals surface area contributed by atoms with E-state index in [0.29, 0.717) is 5.56 Å². The number of hydrogen-bond donors (Lipinski definition) is 2. The number of benzene rings is 1. The summed E-state index contributed by atoms with van der Waals surface area (Å²) >= 11 is 5.67. The summed E-state index contributed by atoms with van der Waals surface area (Å²) in [5.74, 6) is -0.431. The van der Waals surface area contributed by atoms with Crippen LogP contribution in [0.25, 0.3) is 0 Å². The zero-order chi connectivity index (χ0) is 16.0. The van der Waals surface area contributed by atoms with Gasteiger partial charge in [-0.3, -0.25) is 14.9 Å². The first kappa shape index (κ1) is 17.4. The van der Waals surface area contributed by atoms with Gasteiger partial charge in [0.25, 0.3) is 5.69 Å². The minimum absolute atomic E-state index is 0.0762. The zero-order valence-electron chi connectivity index (χ0n) is 11.7. The number of nitro groups is 1. The van der Waals surface area contributed by atoms with Gasteiger partial charge in [0.15, 0.2) is 0 Å². The van der Waals surface area contributed by atoms with E-state index in [1.54, 1.807) is 0 Å². The van der Waals surface area contributed by atoms with Gasteiger partial charge in [-0.05, 0) is 24.6 Å². The molecule has 0 aromatic heterocycles. The molecule has 0 aliphatic rings. The highest BCUT2D eigenvalue weighted by atomic mass is 35.5. The summed E-state index contributed by atoms with van der Waals surface area (Å²) in [6.45, 7) is 1.59. The number of aliphatic hydroxyl groups excluding tert-OH is 1. The van der Waals surface area contributed by atoms with Crippen molar-refractivity contribution in [1.82, 2.24) is 5.32 Å². The zero-order valence-corrected chi connectivity index (χ0v) is 12.4. The Balaban J connectivity index is 2.86. The predicted octanol–water partition coefficient (Wildman–Crippen LogP) is 1.39. The SMILES string of the molecule is COCC(NC(=O)C(C)Cl)C(O)c1ccc([N+](=O)[O-])cc1. The van der Waals surface area contributed by atoms with Crippen molar-refractivity contribution < 1.29 is 19.6 Å². The number of nitro benzene ring substituents is 1. The van der Waals surface area contributed by atoms with Gasteiger partial charge in [-0.2, -0.15) is 0 Å². The first-order valence-electron chi connectivity index (χ1n) is 6.22. The quantitative estimate of drug-likeness (QED) is 0.449. The van der Waals surface area contributed by atoms with Gasteiger partial charge in [0.1, 0.15) is 11.5 Å². The van der Waals surface area contributed by atoms with Gasteiger partial charge in [0.2, 0.25) is 5.91 Å². The van der Waals surface area contributed by atoms with Crippen molar-refractivity contribution >= 4 is 23.2 Å². The second-order valence-electron chi connectivity index (χ2n) is 4.48. The van der Waals surface area contributed by atoms with E-state index in [2.05, 4.69) is 5.32 Å². The van der Waals surface area contributed by atoms with Gasteiger partial charge < -0.3 is 15.2 Å². The Labute approximate surface area is 127 Å². The molecule has 0 saturated carbocycles. The minimum Gasteiger partial charge on any atom is -0.386 e. The van der Waals surface area contributed by atoms with Gasteiger partial charge in [0, 0.05) is 19.2 Å². The van der Waals surface area contributed by atoms with E-state index < -0.39 is 28.4 Å². The average molecular weight is 317 g/mol. The summed E-state index contributed by atoms with van der Waals surface area (Å²) in [5, 5.41) is 22.7. The number of amides is 1. The van der Waals surface area contributed by atoms with Gasteiger partial charge in [0.05, 0.1) is 17.6 Å². The van der Waals surface area contributed by atoms with E-state index in [9.17, 15) is 20.0 Å². The maximum Gasteiger partial charge on any atom is 0.269 e. The molecule has 1 aromatic rings. The Hall–Kier alpha value is -1.70. The number of rotatable bonds is 7. The molecule has 1 rings (SSSR count). The van der Waals surface area contributed by atoms with Crippen LogP contribution in [0.15, 0.2) is 24.3 Å². The maximum absolute atomic E-state index is 11.6. The lowest BCUT2D eigenvalue weighted by atomic mass is 10.0. The molecule has 0 heterocycles. The summed E-state index contributed by atoms with van der Waals surface area (Å²) in [6.07, 6.45) is -1.06. The van der Waals surface area contributed by atoms with Crippen molar-refractivity contribution in [3.8, 4) is 0 Å². The molecule has 1 amide bonds. The smallest absolute Gasteiger partial charge is 0.269 e. The van der Waals surface area contributed by atoms with Crippen LogP contribution < -0.4 is 5.32 Å². The Morgan fingerprint density at radius 3 is 2.48 bits per heavy atom.